The fourth-order valence-corrected chi connectivity index (χ4v) is 4.47. The Morgan fingerprint density at radius 1 is 0.897 bits per heavy atom. The molecular formula is C24H25NO4. The van der Waals surface area contributed by atoms with Gasteiger partial charge in [-0.15, -0.1) is 0 Å². The van der Waals surface area contributed by atoms with Crippen molar-refractivity contribution in [2.24, 2.45) is 0 Å². The van der Waals surface area contributed by atoms with Crippen molar-refractivity contribution in [2.45, 2.75) is 38.0 Å². The molecule has 2 aromatic rings. The lowest BCUT2D eigenvalue weighted by Crippen LogP contribution is -2.38. The third-order valence-electron chi connectivity index (χ3n) is 5.86. The Morgan fingerprint density at radius 2 is 1.69 bits per heavy atom. The molecule has 0 saturated carbocycles. The van der Waals surface area contributed by atoms with Crippen LogP contribution in [0.5, 0.6) is 11.5 Å². The van der Waals surface area contributed by atoms with Gasteiger partial charge in [-0.2, -0.15) is 0 Å². The molecular weight excluding hydrogens is 366 g/mol. The molecule has 4 rings (SSSR count). The maximum Gasteiger partial charge on any atom is 0.225 e. The highest BCUT2D eigenvalue weighted by Gasteiger charge is 2.38. The number of hydrogen-bond acceptors (Lipinski definition) is 4. The molecule has 5 nitrogen and oxygen atoms in total. The number of ether oxygens (including phenoxy) is 2. The summed E-state index contributed by atoms with van der Waals surface area (Å²) in [6.45, 7) is 2.03. The van der Waals surface area contributed by atoms with E-state index in [0.717, 1.165) is 28.0 Å². The van der Waals surface area contributed by atoms with Gasteiger partial charge in [0.25, 0.3) is 0 Å². The predicted octanol–water partition coefficient (Wildman–Crippen LogP) is 4.02. The monoisotopic (exact) mass is 391 g/mol. The van der Waals surface area contributed by atoms with Gasteiger partial charge in [0, 0.05) is 30.0 Å². The molecule has 1 aliphatic carbocycles. The van der Waals surface area contributed by atoms with Crippen LogP contribution < -0.4 is 14.8 Å². The second-order valence-electron chi connectivity index (χ2n) is 7.75. The molecule has 5 heteroatoms. The van der Waals surface area contributed by atoms with Gasteiger partial charge in [0.05, 0.1) is 14.2 Å². The lowest BCUT2D eigenvalue weighted by atomic mass is 9.73. The fourth-order valence-electron chi connectivity index (χ4n) is 4.47. The number of methoxy groups -OCH3 is 2. The molecule has 0 fully saturated rings. The van der Waals surface area contributed by atoms with Gasteiger partial charge in [-0.1, -0.05) is 35.9 Å². The van der Waals surface area contributed by atoms with Gasteiger partial charge in [0.15, 0.2) is 17.3 Å². The van der Waals surface area contributed by atoms with Crippen LogP contribution in [-0.4, -0.2) is 25.9 Å². The van der Waals surface area contributed by atoms with E-state index in [1.165, 1.54) is 0 Å². The second-order valence-corrected chi connectivity index (χ2v) is 7.75. The Morgan fingerprint density at radius 3 is 2.41 bits per heavy atom. The molecule has 29 heavy (non-hydrogen) atoms. The van der Waals surface area contributed by atoms with Crippen LogP contribution in [0.25, 0.3) is 0 Å². The zero-order valence-electron chi connectivity index (χ0n) is 17.0. The first-order valence-electron chi connectivity index (χ1n) is 9.84. The van der Waals surface area contributed by atoms with Crippen molar-refractivity contribution in [3.8, 4) is 11.5 Å². The summed E-state index contributed by atoms with van der Waals surface area (Å²) in [5.74, 6) is 1.20. The van der Waals surface area contributed by atoms with Crippen LogP contribution in [0.3, 0.4) is 0 Å². The van der Waals surface area contributed by atoms with E-state index >= 15 is 0 Å². The molecule has 1 N–H and O–H groups in total. The number of benzene rings is 2. The van der Waals surface area contributed by atoms with Crippen LogP contribution >= 0.6 is 0 Å². The molecule has 1 heterocycles. The number of nitrogens with one attached hydrogen (secondary N) is 1. The van der Waals surface area contributed by atoms with Crippen LogP contribution in [0.4, 0.5) is 0 Å². The van der Waals surface area contributed by atoms with Gasteiger partial charge in [-0.05, 0) is 42.5 Å². The van der Waals surface area contributed by atoms with E-state index in [0.29, 0.717) is 30.8 Å². The molecule has 2 atom stereocenters. The van der Waals surface area contributed by atoms with Crippen LogP contribution in [0.1, 0.15) is 47.8 Å². The summed E-state index contributed by atoms with van der Waals surface area (Å²) in [6, 6.07) is 13.8. The smallest absolute Gasteiger partial charge is 0.225 e. The Kier molecular flexibility index (Phi) is 5.14. The first-order valence-corrected chi connectivity index (χ1v) is 9.84. The second kappa shape index (κ2) is 7.74. The van der Waals surface area contributed by atoms with E-state index in [-0.39, 0.29) is 23.5 Å². The van der Waals surface area contributed by atoms with Gasteiger partial charge in [0.2, 0.25) is 5.91 Å². The molecule has 0 unspecified atom stereocenters. The van der Waals surface area contributed by atoms with Gasteiger partial charge in [0.1, 0.15) is 0 Å². The lowest BCUT2D eigenvalue weighted by Gasteiger charge is -2.34. The van der Waals surface area contributed by atoms with E-state index < -0.39 is 0 Å². The minimum Gasteiger partial charge on any atom is -0.493 e. The summed E-state index contributed by atoms with van der Waals surface area (Å²) < 4.78 is 10.7. The number of carbonyl (C=O) groups excluding carboxylic acids is 2. The number of ketones is 1. The third kappa shape index (κ3) is 3.65. The highest BCUT2D eigenvalue weighted by atomic mass is 16.5. The zero-order chi connectivity index (χ0) is 20.5. The van der Waals surface area contributed by atoms with Crippen molar-refractivity contribution in [1.82, 2.24) is 5.32 Å². The van der Waals surface area contributed by atoms with Gasteiger partial charge in [-0.3, -0.25) is 9.59 Å². The van der Waals surface area contributed by atoms with Crippen molar-refractivity contribution in [1.29, 1.82) is 0 Å². The van der Waals surface area contributed by atoms with Crippen molar-refractivity contribution in [3.63, 3.8) is 0 Å². The molecule has 150 valence electrons. The highest BCUT2D eigenvalue weighted by molar-refractivity contribution is 6.02. The lowest BCUT2D eigenvalue weighted by molar-refractivity contribution is -0.122. The van der Waals surface area contributed by atoms with Crippen molar-refractivity contribution in [3.05, 3.63) is 70.4 Å². The number of rotatable bonds is 4. The molecule has 0 saturated heterocycles. The zero-order valence-corrected chi connectivity index (χ0v) is 17.0. The summed E-state index contributed by atoms with van der Waals surface area (Å²) in [7, 11) is 3.20. The topological polar surface area (TPSA) is 64.6 Å². The van der Waals surface area contributed by atoms with E-state index in [9.17, 15) is 9.59 Å². The van der Waals surface area contributed by atoms with E-state index in [2.05, 4.69) is 11.4 Å². The van der Waals surface area contributed by atoms with Crippen LogP contribution in [-0.2, 0) is 9.59 Å². The number of hydrogen-bond donors (Lipinski definition) is 1. The number of amides is 1. The first-order chi connectivity index (χ1) is 14.0. The van der Waals surface area contributed by atoms with E-state index in [1.54, 1.807) is 14.2 Å². The van der Waals surface area contributed by atoms with Gasteiger partial charge < -0.3 is 14.8 Å². The molecule has 2 aliphatic rings. The fraction of sp³-hybridized carbons (Fsp3) is 0.333. The number of aryl methyl sites for hydroxylation is 1. The van der Waals surface area contributed by atoms with Crippen molar-refractivity contribution >= 4 is 11.7 Å². The number of Topliss-reactive ketones (excluding diaryl/α,β-unsaturated/α-hetero) is 1. The number of carbonyl (C=O) groups is 2. The average molecular weight is 391 g/mol. The average Bonchev–Trinajstić information content (AvgIpc) is 2.72. The first kappa shape index (κ1) is 19.2. The summed E-state index contributed by atoms with van der Waals surface area (Å²) in [6.07, 6.45) is 1.37. The largest absolute Gasteiger partial charge is 0.493 e. The van der Waals surface area contributed by atoms with Crippen molar-refractivity contribution < 1.29 is 19.1 Å². The Bertz CT molecular complexity index is 1010. The molecule has 0 radical (unpaired) electrons. The molecule has 1 aliphatic heterocycles. The molecule has 0 spiro atoms. The third-order valence-corrected chi connectivity index (χ3v) is 5.86. The SMILES string of the molecule is COc1ccc([C@@H]2CC(=O)C3=C(C2)NC(=O)C[C@H]3c2cccc(C)c2)cc1OC. The van der Waals surface area contributed by atoms with Crippen LogP contribution in [0.2, 0.25) is 0 Å². The standard InChI is InChI=1S/C24H25NO4/c1-14-5-4-6-16(9-14)18-13-23(27)25-19-10-17(11-20(26)24(18)19)15-7-8-21(28-2)22(12-15)29-3/h4-9,12,17-18H,10-11,13H2,1-3H3,(H,25,27)/t17-,18-/m0/s1. The predicted molar refractivity (Wildman–Crippen MR) is 110 cm³/mol. The quantitative estimate of drug-likeness (QED) is 0.855. The summed E-state index contributed by atoms with van der Waals surface area (Å²) >= 11 is 0. The summed E-state index contributed by atoms with van der Waals surface area (Å²) in [5.41, 5.74) is 4.71. The Hall–Kier alpha value is -3.08. The van der Waals surface area contributed by atoms with E-state index in [4.69, 9.17) is 9.47 Å². The molecule has 1 amide bonds. The summed E-state index contributed by atoms with van der Waals surface area (Å²) in [4.78, 5) is 25.6. The minimum atomic E-state index is -0.169. The summed E-state index contributed by atoms with van der Waals surface area (Å²) in [5, 5.41) is 2.98. The molecule has 0 bridgehead atoms. The van der Waals surface area contributed by atoms with Crippen molar-refractivity contribution in [2.75, 3.05) is 14.2 Å². The maximum atomic E-state index is 13.2. The Balaban J connectivity index is 1.70. The van der Waals surface area contributed by atoms with Gasteiger partial charge in [-0.25, -0.2) is 0 Å². The van der Waals surface area contributed by atoms with E-state index in [1.807, 2.05) is 43.3 Å². The molecule has 0 aromatic heterocycles. The van der Waals surface area contributed by atoms with Crippen LogP contribution in [0.15, 0.2) is 53.7 Å². The van der Waals surface area contributed by atoms with Crippen LogP contribution in [0, 0.1) is 6.92 Å². The highest BCUT2D eigenvalue weighted by Crippen LogP contribution is 2.43. The normalized spacial score (nSPS) is 21.5. The number of allylic oxidation sites excluding steroid dienone is 2. The molecule has 2 aromatic carbocycles. The van der Waals surface area contributed by atoms with Gasteiger partial charge >= 0.3 is 0 Å². The maximum absolute atomic E-state index is 13.2. The minimum absolute atomic E-state index is 0.00221. The Labute approximate surface area is 170 Å².